The van der Waals surface area contributed by atoms with Crippen LogP contribution in [0.15, 0.2) is 78.9 Å². The van der Waals surface area contributed by atoms with Crippen LogP contribution in [-0.4, -0.2) is 33.4 Å². The van der Waals surface area contributed by atoms with Gasteiger partial charge in [0, 0.05) is 11.3 Å². The van der Waals surface area contributed by atoms with E-state index in [9.17, 15) is 9.59 Å². The predicted octanol–water partition coefficient (Wildman–Crippen LogP) is 5.21. The Kier molecular flexibility index (Phi) is 7.65. The largest absolute Gasteiger partial charge is 0.342 e. The van der Waals surface area contributed by atoms with Crippen LogP contribution in [0.3, 0.4) is 0 Å². The van der Waals surface area contributed by atoms with E-state index >= 15 is 0 Å². The van der Waals surface area contributed by atoms with E-state index in [-0.39, 0.29) is 24.4 Å². The highest BCUT2D eigenvalue weighted by Gasteiger charge is 2.23. The van der Waals surface area contributed by atoms with Crippen molar-refractivity contribution in [1.29, 1.82) is 0 Å². The Morgan fingerprint density at radius 1 is 0.971 bits per heavy atom. The van der Waals surface area contributed by atoms with Crippen LogP contribution < -0.4 is 10.6 Å². The molecule has 3 aromatic carbocycles. The van der Waals surface area contributed by atoms with Crippen molar-refractivity contribution in [3.63, 3.8) is 0 Å². The van der Waals surface area contributed by atoms with Crippen LogP contribution >= 0.6 is 11.8 Å². The normalized spacial score (nSPS) is 11.8. The minimum atomic E-state index is -0.334. The van der Waals surface area contributed by atoms with Crippen LogP contribution in [0.4, 0.5) is 5.69 Å². The van der Waals surface area contributed by atoms with Crippen LogP contribution in [0.25, 0.3) is 11.0 Å². The maximum atomic E-state index is 13.0. The molecule has 1 atom stereocenters. The Morgan fingerprint density at radius 3 is 2.41 bits per heavy atom. The molecule has 0 aliphatic carbocycles. The number of imidazole rings is 1. The maximum Gasteiger partial charge on any atom is 0.251 e. The van der Waals surface area contributed by atoms with E-state index in [1.807, 2.05) is 84.5 Å². The zero-order chi connectivity index (χ0) is 23.9. The van der Waals surface area contributed by atoms with Gasteiger partial charge in [-0.2, -0.15) is 11.8 Å². The number of thioether (sulfide) groups is 1. The standard InChI is InChI=1S/C27H28N4O2S/c1-19-12-14-21(15-13-19)28-25(32)18-31-24-11-7-6-10-22(24)29-26(31)23(16-17-34-2)30-27(33)20-8-4-3-5-9-20/h3-15,23H,16-18H2,1-2H3,(H,28,32)(H,30,33)/t23-/m1/s1. The molecule has 0 radical (unpaired) electrons. The number of nitrogens with zero attached hydrogens (tertiary/aromatic N) is 2. The van der Waals surface area contributed by atoms with Crippen molar-refractivity contribution >= 4 is 40.3 Å². The first-order valence-corrected chi connectivity index (χ1v) is 12.6. The Hall–Kier alpha value is -3.58. The van der Waals surface area contributed by atoms with E-state index < -0.39 is 0 Å². The zero-order valence-corrected chi connectivity index (χ0v) is 20.1. The van der Waals surface area contributed by atoms with Crippen molar-refractivity contribution in [1.82, 2.24) is 14.9 Å². The number of benzene rings is 3. The summed E-state index contributed by atoms with van der Waals surface area (Å²) < 4.78 is 1.91. The molecule has 0 bridgehead atoms. The number of nitrogens with one attached hydrogen (secondary N) is 2. The second-order valence-corrected chi connectivity index (χ2v) is 9.12. The number of aryl methyl sites for hydroxylation is 1. The molecule has 34 heavy (non-hydrogen) atoms. The topological polar surface area (TPSA) is 76.0 Å². The monoisotopic (exact) mass is 472 g/mol. The number of rotatable bonds is 9. The summed E-state index contributed by atoms with van der Waals surface area (Å²) in [5.41, 5.74) is 4.13. The van der Waals surface area contributed by atoms with Gasteiger partial charge in [0.2, 0.25) is 5.91 Å². The third-order valence-corrected chi connectivity index (χ3v) is 6.23. The van der Waals surface area contributed by atoms with Gasteiger partial charge >= 0.3 is 0 Å². The number of amides is 2. The summed E-state index contributed by atoms with van der Waals surface area (Å²) in [4.78, 5) is 30.8. The van der Waals surface area contributed by atoms with Gasteiger partial charge in [-0.3, -0.25) is 9.59 Å². The van der Waals surface area contributed by atoms with Gasteiger partial charge in [-0.1, -0.05) is 48.0 Å². The van der Waals surface area contributed by atoms with Crippen molar-refractivity contribution in [3.05, 3.63) is 95.8 Å². The molecular formula is C27H28N4O2S. The van der Waals surface area contributed by atoms with Crippen LogP contribution in [-0.2, 0) is 11.3 Å². The minimum Gasteiger partial charge on any atom is -0.342 e. The average molecular weight is 473 g/mol. The summed E-state index contributed by atoms with van der Waals surface area (Å²) >= 11 is 1.71. The van der Waals surface area contributed by atoms with Crippen molar-refractivity contribution in [3.8, 4) is 0 Å². The number of hydrogen-bond donors (Lipinski definition) is 2. The molecule has 0 aliphatic rings. The van der Waals surface area contributed by atoms with E-state index in [0.29, 0.717) is 17.8 Å². The molecule has 6 nitrogen and oxygen atoms in total. The molecule has 2 amide bonds. The first kappa shape index (κ1) is 23.6. The number of carbonyl (C=O) groups is 2. The Bertz CT molecular complexity index is 1270. The summed E-state index contributed by atoms with van der Waals surface area (Å²) in [5, 5.41) is 6.12. The van der Waals surface area contributed by atoms with Crippen LogP contribution in [0.1, 0.15) is 34.2 Å². The number of carbonyl (C=O) groups excluding carboxylic acids is 2. The van der Waals surface area contributed by atoms with Crippen molar-refractivity contribution in [2.75, 3.05) is 17.3 Å². The van der Waals surface area contributed by atoms with Gasteiger partial charge in [0.15, 0.2) is 0 Å². The van der Waals surface area contributed by atoms with Crippen molar-refractivity contribution in [2.45, 2.75) is 25.9 Å². The SMILES string of the molecule is CSCC[C@@H](NC(=O)c1ccccc1)c1nc2ccccc2n1CC(=O)Nc1ccc(C)cc1. The summed E-state index contributed by atoms with van der Waals surface area (Å²) in [5.74, 6) is 1.22. The lowest BCUT2D eigenvalue weighted by Gasteiger charge is -2.20. The van der Waals surface area contributed by atoms with Gasteiger partial charge in [0.1, 0.15) is 12.4 Å². The maximum absolute atomic E-state index is 13.0. The van der Waals surface area contributed by atoms with Gasteiger partial charge < -0.3 is 15.2 Å². The van der Waals surface area contributed by atoms with Crippen molar-refractivity contribution < 1.29 is 9.59 Å². The van der Waals surface area contributed by atoms with E-state index in [1.54, 1.807) is 23.9 Å². The van der Waals surface area contributed by atoms with Crippen LogP contribution in [0.2, 0.25) is 0 Å². The Labute approximate surface area is 203 Å². The lowest BCUT2D eigenvalue weighted by atomic mass is 10.1. The van der Waals surface area contributed by atoms with Gasteiger partial charge in [-0.05, 0) is 61.8 Å². The van der Waals surface area contributed by atoms with Crippen LogP contribution in [0, 0.1) is 6.92 Å². The summed E-state index contributed by atoms with van der Waals surface area (Å²) in [6, 6.07) is 24.3. The lowest BCUT2D eigenvalue weighted by molar-refractivity contribution is -0.116. The lowest BCUT2D eigenvalue weighted by Crippen LogP contribution is -2.32. The van der Waals surface area contributed by atoms with Crippen LogP contribution in [0.5, 0.6) is 0 Å². The fourth-order valence-electron chi connectivity index (χ4n) is 3.84. The highest BCUT2D eigenvalue weighted by molar-refractivity contribution is 7.98. The highest BCUT2D eigenvalue weighted by atomic mass is 32.2. The molecule has 2 N–H and O–H groups in total. The zero-order valence-electron chi connectivity index (χ0n) is 19.3. The molecule has 174 valence electrons. The van der Waals surface area contributed by atoms with E-state index in [2.05, 4.69) is 10.6 Å². The predicted molar refractivity (Wildman–Crippen MR) is 139 cm³/mol. The quantitative estimate of drug-likeness (QED) is 0.351. The molecular weight excluding hydrogens is 444 g/mol. The molecule has 0 saturated heterocycles. The summed E-state index contributed by atoms with van der Waals surface area (Å²) in [6.07, 6.45) is 2.73. The Balaban J connectivity index is 1.64. The molecule has 0 unspecified atom stereocenters. The minimum absolute atomic E-state index is 0.0979. The molecule has 1 aromatic heterocycles. The number of para-hydroxylation sites is 2. The Morgan fingerprint density at radius 2 is 1.68 bits per heavy atom. The number of anilines is 1. The van der Waals surface area contributed by atoms with Gasteiger partial charge in [0.05, 0.1) is 17.1 Å². The molecule has 0 fully saturated rings. The molecule has 4 rings (SSSR count). The summed E-state index contributed by atoms with van der Waals surface area (Å²) in [7, 11) is 0. The number of hydrogen-bond acceptors (Lipinski definition) is 4. The molecule has 0 saturated carbocycles. The molecule has 1 heterocycles. The van der Waals surface area contributed by atoms with Gasteiger partial charge in [-0.25, -0.2) is 4.98 Å². The second kappa shape index (κ2) is 11.0. The smallest absolute Gasteiger partial charge is 0.251 e. The first-order chi connectivity index (χ1) is 16.5. The number of fused-ring (bicyclic) bond motifs is 1. The average Bonchev–Trinajstić information content (AvgIpc) is 3.21. The molecule has 0 spiro atoms. The fraction of sp³-hybridized carbons (Fsp3) is 0.222. The third-order valence-electron chi connectivity index (χ3n) is 5.58. The first-order valence-electron chi connectivity index (χ1n) is 11.2. The molecule has 4 aromatic rings. The molecule has 0 aliphatic heterocycles. The third kappa shape index (κ3) is 5.66. The van der Waals surface area contributed by atoms with E-state index in [1.165, 1.54) is 0 Å². The molecule has 7 heteroatoms. The fourth-order valence-corrected chi connectivity index (χ4v) is 4.31. The highest BCUT2D eigenvalue weighted by Crippen LogP contribution is 2.25. The van der Waals surface area contributed by atoms with E-state index in [0.717, 1.165) is 28.0 Å². The number of aromatic nitrogens is 2. The van der Waals surface area contributed by atoms with Gasteiger partial charge in [0.25, 0.3) is 5.91 Å². The van der Waals surface area contributed by atoms with Crippen molar-refractivity contribution in [2.24, 2.45) is 0 Å². The van der Waals surface area contributed by atoms with E-state index in [4.69, 9.17) is 4.98 Å². The van der Waals surface area contributed by atoms with Gasteiger partial charge in [-0.15, -0.1) is 0 Å². The summed E-state index contributed by atoms with van der Waals surface area (Å²) in [6.45, 7) is 2.11. The second-order valence-electron chi connectivity index (χ2n) is 8.13.